The lowest BCUT2D eigenvalue weighted by Crippen LogP contribution is -2.32. The van der Waals surface area contributed by atoms with E-state index < -0.39 is 5.41 Å². The first-order valence-corrected chi connectivity index (χ1v) is 18.6. The molecule has 0 amide bonds. The van der Waals surface area contributed by atoms with E-state index >= 15 is 0 Å². The molecular weight excluding hydrogens is 705 g/mol. The Kier molecular flexibility index (Phi) is 6.24. The van der Waals surface area contributed by atoms with Crippen molar-refractivity contribution in [2.24, 2.45) is 0 Å². The molecule has 3 aliphatic rings. The van der Waals surface area contributed by atoms with Crippen molar-refractivity contribution >= 4 is 38.9 Å². The molecule has 8 heteroatoms. The third kappa shape index (κ3) is 4.13. The molecule has 264 valence electrons. The number of fused-ring (bicyclic) bond motifs is 14. The molecule has 0 bridgehead atoms. The van der Waals surface area contributed by atoms with Crippen LogP contribution in [0.1, 0.15) is 33.4 Å². The Morgan fingerprint density at radius 3 is 2.11 bits per heavy atom. The molecule has 5 heterocycles. The van der Waals surface area contributed by atoms with Crippen molar-refractivity contribution in [3.8, 4) is 52.2 Å². The normalized spacial score (nSPS) is 15.3. The first-order valence-electron chi connectivity index (χ1n) is 18.6. The van der Waals surface area contributed by atoms with E-state index in [0.717, 1.165) is 83.9 Å². The molecule has 9 aromatic rings. The summed E-state index contributed by atoms with van der Waals surface area (Å²) >= 11 is 0. The average molecular weight is 731 g/mol. The van der Waals surface area contributed by atoms with Crippen LogP contribution in [0.5, 0.6) is 23.0 Å². The van der Waals surface area contributed by atoms with E-state index in [0.29, 0.717) is 28.4 Å². The lowest BCUT2D eigenvalue weighted by molar-refractivity contribution is 0.436. The average Bonchev–Trinajstić information content (AvgIpc) is 3.75. The van der Waals surface area contributed by atoms with Crippen LogP contribution in [-0.4, -0.2) is 14.5 Å². The third-order valence-electron chi connectivity index (χ3n) is 11.6. The first kappa shape index (κ1) is 31.2. The summed E-state index contributed by atoms with van der Waals surface area (Å²) < 4.78 is 15.5. The summed E-state index contributed by atoms with van der Waals surface area (Å²) in [5.41, 5.74) is 11.5. The highest BCUT2D eigenvalue weighted by molar-refractivity contribution is 6.09. The Morgan fingerprint density at radius 2 is 1.19 bits per heavy atom. The number of ether oxygens (including phenoxy) is 2. The SMILES string of the molecule is N#Cc1ccc2c(c1)Oc1ccccc1N2c1ccc2c(c1)Oc1ccccc1C21c2cccnc2-c2ncc(-n3c4ccccc4c4cc(C#N)ccc43)cc21. The van der Waals surface area contributed by atoms with E-state index in [1.165, 1.54) is 0 Å². The van der Waals surface area contributed by atoms with Crippen LogP contribution >= 0.6 is 0 Å². The highest BCUT2D eigenvalue weighted by Crippen LogP contribution is 2.62. The molecule has 1 spiro atoms. The second kappa shape index (κ2) is 11.4. The van der Waals surface area contributed by atoms with Crippen molar-refractivity contribution in [2.75, 3.05) is 4.90 Å². The molecule has 8 nitrogen and oxygen atoms in total. The number of aromatic nitrogens is 3. The van der Waals surface area contributed by atoms with Crippen molar-refractivity contribution in [3.05, 3.63) is 191 Å². The molecule has 1 atom stereocenters. The zero-order valence-electron chi connectivity index (χ0n) is 30.0. The van der Waals surface area contributed by atoms with Gasteiger partial charge >= 0.3 is 0 Å². The Balaban J connectivity index is 1.12. The molecular formula is C49H26N6O2. The van der Waals surface area contributed by atoms with Crippen molar-refractivity contribution in [1.29, 1.82) is 10.5 Å². The van der Waals surface area contributed by atoms with Crippen LogP contribution in [0.25, 0.3) is 38.9 Å². The number of anilines is 3. The van der Waals surface area contributed by atoms with Gasteiger partial charge in [0.15, 0.2) is 11.5 Å². The summed E-state index contributed by atoms with van der Waals surface area (Å²) in [6.07, 6.45) is 3.76. The van der Waals surface area contributed by atoms with Gasteiger partial charge in [-0.2, -0.15) is 10.5 Å². The number of rotatable bonds is 2. The number of nitrogens with zero attached hydrogens (tertiary/aromatic N) is 6. The number of nitriles is 2. The van der Waals surface area contributed by atoms with Crippen molar-refractivity contribution < 1.29 is 9.47 Å². The lowest BCUT2D eigenvalue weighted by Gasteiger charge is -2.40. The van der Waals surface area contributed by atoms with E-state index in [4.69, 9.17) is 19.4 Å². The van der Waals surface area contributed by atoms with Gasteiger partial charge in [-0.05, 0) is 78.4 Å². The molecule has 1 unspecified atom stereocenters. The Morgan fingerprint density at radius 1 is 0.491 bits per heavy atom. The summed E-state index contributed by atoms with van der Waals surface area (Å²) in [5.74, 6) is 2.75. The summed E-state index contributed by atoms with van der Waals surface area (Å²) in [6.45, 7) is 0. The van der Waals surface area contributed by atoms with Gasteiger partial charge in [0.2, 0.25) is 0 Å². The zero-order valence-corrected chi connectivity index (χ0v) is 30.0. The van der Waals surface area contributed by atoms with Crippen molar-refractivity contribution in [3.63, 3.8) is 0 Å². The second-order valence-corrected chi connectivity index (χ2v) is 14.4. The highest BCUT2D eigenvalue weighted by atomic mass is 16.5. The molecule has 3 aromatic heterocycles. The molecule has 0 N–H and O–H groups in total. The zero-order chi connectivity index (χ0) is 37.8. The van der Waals surface area contributed by atoms with Crippen LogP contribution in [0.15, 0.2) is 158 Å². The van der Waals surface area contributed by atoms with Crippen LogP contribution in [0, 0.1) is 22.7 Å². The maximum absolute atomic E-state index is 9.78. The predicted molar refractivity (Wildman–Crippen MR) is 218 cm³/mol. The van der Waals surface area contributed by atoms with Crippen LogP contribution in [0.4, 0.5) is 17.1 Å². The van der Waals surface area contributed by atoms with E-state index in [9.17, 15) is 10.5 Å². The Hall–Kier alpha value is -8.20. The Bertz CT molecular complexity index is 3320. The second-order valence-electron chi connectivity index (χ2n) is 14.4. The van der Waals surface area contributed by atoms with Gasteiger partial charge in [0.1, 0.15) is 11.5 Å². The van der Waals surface area contributed by atoms with Gasteiger partial charge in [-0.1, -0.05) is 60.7 Å². The van der Waals surface area contributed by atoms with Gasteiger partial charge < -0.3 is 18.9 Å². The minimum absolute atomic E-state index is 0.522. The monoisotopic (exact) mass is 730 g/mol. The summed E-state index contributed by atoms with van der Waals surface area (Å²) in [6, 6.07) is 53.2. The largest absolute Gasteiger partial charge is 0.457 e. The number of hydrogen-bond acceptors (Lipinski definition) is 7. The molecule has 0 saturated heterocycles. The van der Waals surface area contributed by atoms with Crippen LogP contribution < -0.4 is 14.4 Å². The number of para-hydroxylation sites is 4. The van der Waals surface area contributed by atoms with Gasteiger partial charge in [-0.15, -0.1) is 0 Å². The molecule has 6 aromatic carbocycles. The molecule has 0 saturated carbocycles. The molecule has 1 aliphatic carbocycles. The fourth-order valence-electron chi connectivity index (χ4n) is 9.27. The van der Waals surface area contributed by atoms with E-state index in [2.05, 4.69) is 76.2 Å². The van der Waals surface area contributed by atoms with Crippen LogP contribution in [0.3, 0.4) is 0 Å². The fourth-order valence-corrected chi connectivity index (χ4v) is 9.27. The molecule has 57 heavy (non-hydrogen) atoms. The quantitative estimate of drug-likeness (QED) is 0.174. The van der Waals surface area contributed by atoms with Gasteiger partial charge in [0.05, 0.1) is 80.0 Å². The first-order chi connectivity index (χ1) is 28.1. The minimum atomic E-state index is -0.820. The van der Waals surface area contributed by atoms with Gasteiger partial charge in [0, 0.05) is 45.8 Å². The van der Waals surface area contributed by atoms with Crippen LogP contribution in [0.2, 0.25) is 0 Å². The molecule has 12 rings (SSSR count). The minimum Gasteiger partial charge on any atom is -0.457 e. The maximum Gasteiger partial charge on any atom is 0.152 e. The summed E-state index contributed by atoms with van der Waals surface area (Å²) in [7, 11) is 0. The van der Waals surface area contributed by atoms with E-state index in [1.807, 2.05) is 97.3 Å². The third-order valence-corrected chi connectivity index (χ3v) is 11.6. The molecule has 2 aliphatic heterocycles. The van der Waals surface area contributed by atoms with E-state index in [1.54, 1.807) is 6.07 Å². The highest BCUT2D eigenvalue weighted by Gasteiger charge is 2.53. The maximum atomic E-state index is 9.78. The Labute approximate surface area is 326 Å². The number of hydrogen-bond donors (Lipinski definition) is 0. The van der Waals surface area contributed by atoms with Crippen LogP contribution in [-0.2, 0) is 5.41 Å². The van der Waals surface area contributed by atoms with E-state index in [-0.39, 0.29) is 0 Å². The predicted octanol–water partition coefficient (Wildman–Crippen LogP) is 11.4. The van der Waals surface area contributed by atoms with Crippen molar-refractivity contribution in [1.82, 2.24) is 14.5 Å². The smallest absolute Gasteiger partial charge is 0.152 e. The molecule has 0 fully saturated rings. The van der Waals surface area contributed by atoms with Gasteiger partial charge in [-0.3, -0.25) is 9.97 Å². The molecule has 0 radical (unpaired) electrons. The lowest BCUT2D eigenvalue weighted by atomic mass is 9.66. The topological polar surface area (TPSA) is 100.0 Å². The van der Waals surface area contributed by atoms with Gasteiger partial charge in [-0.25, -0.2) is 0 Å². The standard InChI is InChI=1S/C49H26N6O2/c50-26-29-15-19-40-34(22-29)33-8-1-3-11-39(33)55(40)32-24-38-48(53-28-32)47-37(10-7-21-52-47)49(38)35-9-2-5-13-43(35)56-45-25-31(17-18-36(45)49)54-41-12-4-6-14-44(41)57-46-23-30(27-51)16-20-42(46)54/h1-25,28H. The van der Waals surface area contributed by atoms with Crippen molar-refractivity contribution in [2.45, 2.75) is 5.41 Å². The summed E-state index contributed by atoms with van der Waals surface area (Å²) in [4.78, 5) is 12.4. The number of benzene rings is 6. The fraction of sp³-hybridized carbons (Fsp3) is 0.0204. The summed E-state index contributed by atoms with van der Waals surface area (Å²) in [5, 5.41) is 21.6. The van der Waals surface area contributed by atoms with Gasteiger partial charge in [0.25, 0.3) is 0 Å². The number of pyridine rings is 2.